The minimum Gasteiger partial charge on any atom is -0.497 e. The molecule has 1 aliphatic rings. The maximum Gasteiger partial charge on any atom is 0.279 e. The third kappa shape index (κ3) is 4.51. The molecule has 2 aromatic carbocycles. The van der Waals surface area contributed by atoms with E-state index in [1.54, 1.807) is 20.3 Å². The Hall–Kier alpha value is -2.31. The molecule has 0 spiro atoms. The van der Waals surface area contributed by atoms with Crippen LogP contribution in [0, 0.1) is 5.82 Å². The van der Waals surface area contributed by atoms with Crippen molar-refractivity contribution in [1.29, 1.82) is 0 Å². The number of methoxy groups -OCH3 is 2. The molecule has 0 bridgehead atoms. The average Bonchev–Trinajstić information content (AvgIpc) is 3.11. The summed E-state index contributed by atoms with van der Waals surface area (Å²) in [7, 11) is 3.26. The third-order valence-corrected chi connectivity index (χ3v) is 5.12. The first-order chi connectivity index (χ1) is 13.0. The van der Waals surface area contributed by atoms with Gasteiger partial charge in [0, 0.05) is 17.9 Å². The van der Waals surface area contributed by atoms with Gasteiger partial charge in [0.15, 0.2) is 6.54 Å². The summed E-state index contributed by atoms with van der Waals surface area (Å²) in [5, 5.41) is 2.93. The number of nitrogens with one attached hydrogen (secondary N) is 2. The van der Waals surface area contributed by atoms with E-state index < -0.39 is 5.82 Å². The van der Waals surface area contributed by atoms with Gasteiger partial charge in [0.2, 0.25) is 0 Å². The summed E-state index contributed by atoms with van der Waals surface area (Å²) >= 11 is 5.75. The largest absolute Gasteiger partial charge is 0.497 e. The summed E-state index contributed by atoms with van der Waals surface area (Å²) in [6.07, 6.45) is 1.95. The number of rotatable bonds is 6. The monoisotopic (exact) mass is 393 g/mol. The number of quaternary nitrogens is 1. The molecular formula is C20H23ClFN2O3+. The van der Waals surface area contributed by atoms with Gasteiger partial charge in [0.1, 0.15) is 23.4 Å². The SMILES string of the molecule is COc1ccc(OC)c([C@H]2CCC[NH+]2CC(=O)Nc2ccc(Cl)cc2F)c1. The quantitative estimate of drug-likeness (QED) is 0.793. The molecule has 3 rings (SSSR count). The van der Waals surface area contributed by atoms with Gasteiger partial charge in [0.05, 0.1) is 32.0 Å². The van der Waals surface area contributed by atoms with Crippen LogP contribution in [0.15, 0.2) is 36.4 Å². The molecule has 144 valence electrons. The molecule has 5 nitrogen and oxygen atoms in total. The van der Waals surface area contributed by atoms with Crippen molar-refractivity contribution in [2.75, 3.05) is 32.6 Å². The molecule has 1 amide bonds. The smallest absolute Gasteiger partial charge is 0.279 e. The van der Waals surface area contributed by atoms with Crippen molar-refractivity contribution in [2.24, 2.45) is 0 Å². The predicted molar refractivity (Wildman–Crippen MR) is 102 cm³/mol. The first kappa shape index (κ1) is 19.5. The molecular weight excluding hydrogens is 371 g/mol. The van der Waals surface area contributed by atoms with E-state index in [2.05, 4.69) is 5.32 Å². The number of anilines is 1. The molecule has 1 aliphatic heterocycles. The van der Waals surface area contributed by atoms with E-state index in [-0.39, 0.29) is 24.2 Å². The second kappa shape index (κ2) is 8.59. The van der Waals surface area contributed by atoms with E-state index in [1.165, 1.54) is 12.1 Å². The number of carbonyl (C=O) groups is 1. The summed E-state index contributed by atoms with van der Waals surface area (Å²) in [5.41, 5.74) is 1.16. The molecule has 0 aromatic heterocycles. The molecule has 0 saturated carbocycles. The van der Waals surface area contributed by atoms with Crippen LogP contribution in [-0.2, 0) is 4.79 Å². The van der Waals surface area contributed by atoms with Crippen LogP contribution in [0.3, 0.4) is 0 Å². The minimum absolute atomic E-state index is 0.121. The van der Waals surface area contributed by atoms with E-state index in [0.29, 0.717) is 5.02 Å². The van der Waals surface area contributed by atoms with Crippen molar-refractivity contribution >= 4 is 23.2 Å². The van der Waals surface area contributed by atoms with Gasteiger partial charge in [-0.15, -0.1) is 0 Å². The summed E-state index contributed by atoms with van der Waals surface area (Å²) < 4.78 is 24.7. The number of likely N-dealkylation sites (tertiary alicyclic amines) is 1. The van der Waals surface area contributed by atoms with Crippen LogP contribution >= 0.6 is 11.6 Å². The van der Waals surface area contributed by atoms with Crippen LogP contribution in [0.1, 0.15) is 24.4 Å². The van der Waals surface area contributed by atoms with Gasteiger partial charge in [-0.3, -0.25) is 4.79 Å². The molecule has 1 fully saturated rings. The number of hydrogen-bond donors (Lipinski definition) is 2. The van der Waals surface area contributed by atoms with Crippen molar-refractivity contribution in [3.63, 3.8) is 0 Å². The molecule has 27 heavy (non-hydrogen) atoms. The van der Waals surface area contributed by atoms with Crippen LogP contribution < -0.4 is 19.7 Å². The van der Waals surface area contributed by atoms with Crippen molar-refractivity contribution in [1.82, 2.24) is 0 Å². The number of amides is 1. The molecule has 1 unspecified atom stereocenters. The zero-order valence-corrected chi connectivity index (χ0v) is 16.1. The van der Waals surface area contributed by atoms with Gasteiger partial charge >= 0.3 is 0 Å². The van der Waals surface area contributed by atoms with Crippen molar-refractivity contribution < 1.29 is 23.6 Å². The Balaban J connectivity index is 1.74. The lowest BCUT2D eigenvalue weighted by molar-refractivity contribution is -0.910. The van der Waals surface area contributed by atoms with Crippen molar-refractivity contribution in [2.45, 2.75) is 18.9 Å². The highest BCUT2D eigenvalue weighted by atomic mass is 35.5. The van der Waals surface area contributed by atoms with Gasteiger partial charge in [-0.1, -0.05) is 11.6 Å². The lowest BCUT2D eigenvalue weighted by Gasteiger charge is -2.23. The standard InChI is InChI=1S/C20H22ClFN2O3/c1-26-14-6-8-19(27-2)15(11-14)18-4-3-9-24(18)12-20(25)23-17-7-5-13(21)10-16(17)22/h5-8,10-11,18H,3-4,9,12H2,1-2H3,(H,23,25)/p+1/t18-/m1/s1. The molecule has 2 N–H and O–H groups in total. The van der Waals surface area contributed by atoms with Gasteiger partial charge in [-0.25, -0.2) is 4.39 Å². The maximum atomic E-state index is 13.9. The fourth-order valence-electron chi connectivity index (χ4n) is 3.60. The Morgan fingerprint density at radius 2 is 2.07 bits per heavy atom. The summed E-state index contributed by atoms with van der Waals surface area (Å²) in [4.78, 5) is 13.6. The molecule has 0 aliphatic carbocycles. The molecule has 2 atom stereocenters. The number of halogens is 2. The first-order valence-corrected chi connectivity index (χ1v) is 9.21. The highest BCUT2D eigenvalue weighted by Crippen LogP contribution is 2.31. The molecule has 2 aromatic rings. The highest BCUT2D eigenvalue weighted by Gasteiger charge is 2.34. The summed E-state index contributed by atoms with van der Waals surface area (Å²) in [6.45, 7) is 1.11. The second-order valence-electron chi connectivity index (χ2n) is 6.56. The van der Waals surface area contributed by atoms with E-state index in [1.807, 2.05) is 18.2 Å². The summed E-state index contributed by atoms with van der Waals surface area (Å²) in [6, 6.07) is 10.0. The number of ether oxygens (including phenoxy) is 2. The fraction of sp³-hybridized carbons (Fsp3) is 0.350. The molecule has 0 radical (unpaired) electrons. The maximum absolute atomic E-state index is 13.9. The first-order valence-electron chi connectivity index (χ1n) is 8.83. The number of benzene rings is 2. The van der Waals surface area contributed by atoms with Crippen molar-refractivity contribution in [3.8, 4) is 11.5 Å². The Morgan fingerprint density at radius 1 is 1.26 bits per heavy atom. The van der Waals surface area contributed by atoms with Crippen LogP contribution in [0.25, 0.3) is 0 Å². The molecule has 1 saturated heterocycles. The van der Waals surface area contributed by atoms with Gasteiger partial charge < -0.3 is 19.7 Å². The van der Waals surface area contributed by atoms with Crippen LogP contribution in [0.2, 0.25) is 5.02 Å². The minimum atomic E-state index is -0.543. The molecule has 7 heteroatoms. The highest BCUT2D eigenvalue weighted by molar-refractivity contribution is 6.30. The van der Waals surface area contributed by atoms with E-state index in [0.717, 1.165) is 41.3 Å². The van der Waals surface area contributed by atoms with Crippen LogP contribution in [0.4, 0.5) is 10.1 Å². The van der Waals surface area contributed by atoms with E-state index in [4.69, 9.17) is 21.1 Å². The third-order valence-electron chi connectivity index (χ3n) is 4.89. The molecule has 1 heterocycles. The zero-order valence-electron chi connectivity index (χ0n) is 15.4. The van der Waals surface area contributed by atoms with Gasteiger partial charge in [0.25, 0.3) is 5.91 Å². The normalized spacial score (nSPS) is 19.0. The Morgan fingerprint density at radius 3 is 2.78 bits per heavy atom. The van der Waals surface area contributed by atoms with E-state index >= 15 is 0 Å². The average molecular weight is 394 g/mol. The summed E-state index contributed by atoms with van der Waals surface area (Å²) in [5.74, 6) is 0.757. The van der Waals surface area contributed by atoms with Gasteiger partial charge in [-0.05, 0) is 36.4 Å². The van der Waals surface area contributed by atoms with E-state index in [9.17, 15) is 9.18 Å². The van der Waals surface area contributed by atoms with Crippen molar-refractivity contribution in [3.05, 3.63) is 52.8 Å². The fourth-order valence-corrected chi connectivity index (χ4v) is 3.76. The lowest BCUT2D eigenvalue weighted by atomic mass is 10.0. The topological polar surface area (TPSA) is 52.0 Å². The van der Waals surface area contributed by atoms with Crippen LogP contribution in [0.5, 0.6) is 11.5 Å². The number of hydrogen-bond acceptors (Lipinski definition) is 3. The lowest BCUT2D eigenvalue weighted by Crippen LogP contribution is -3.11. The number of carbonyl (C=O) groups excluding carboxylic acids is 1. The second-order valence-corrected chi connectivity index (χ2v) is 7.00. The van der Waals surface area contributed by atoms with Gasteiger partial charge in [-0.2, -0.15) is 0 Å². The van der Waals surface area contributed by atoms with Crippen LogP contribution in [-0.4, -0.2) is 33.2 Å². The Kier molecular flexibility index (Phi) is 6.19. The zero-order chi connectivity index (χ0) is 19.4. The predicted octanol–water partition coefficient (Wildman–Crippen LogP) is 2.85. The Bertz CT molecular complexity index is 831. The Labute approximate surface area is 163 Å².